The van der Waals surface area contributed by atoms with E-state index in [1.54, 1.807) is 33.5 Å². The van der Waals surface area contributed by atoms with E-state index < -0.39 is 0 Å². The first-order valence-electron chi connectivity index (χ1n) is 9.49. The van der Waals surface area contributed by atoms with Crippen LogP contribution in [0.1, 0.15) is 38.5 Å². The van der Waals surface area contributed by atoms with Gasteiger partial charge in [0.05, 0.1) is 21.3 Å². The molecule has 28 heavy (non-hydrogen) atoms. The standard InChI is InChI=1S/C20H27N3O5/c1-13-7-5-6-10-23(13)18(24)9-8-17-21-20(22-28-17)14-11-15(25-2)19(27-4)16(12-14)26-3/h11-13H,5-10H2,1-4H3. The molecule has 1 unspecified atom stereocenters. The number of aromatic nitrogens is 2. The van der Waals surface area contributed by atoms with Crippen LogP contribution < -0.4 is 14.2 Å². The summed E-state index contributed by atoms with van der Waals surface area (Å²) in [5.74, 6) is 2.50. The fourth-order valence-corrected chi connectivity index (χ4v) is 3.51. The molecule has 2 aromatic rings. The lowest BCUT2D eigenvalue weighted by Crippen LogP contribution is -2.42. The number of nitrogens with zero attached hydrogens (tertiary/aromatic N) is 3. The Hall–Kier alpha value is -2.77. The lowest BCUT2D eigenvalue weighted by Gasteiger charge is -2.33. The lowest BCUT2D eigenvalue weighted by molar-refractivity contribution is -0.134. The zero-order valence-electron chi connectivity index (χ0n) is 16.9. The molecular formula is C20H27N3O5. The second-order valence-electron chi connectivity index (χ2n) is 6.86. The second-order valence-corrected chi connectivity index (χ2v) is 6.86. The Labute approximate surface area is 164 Å². The van der Waals surface area contributed by atoms with E-state index >= 15 is 0 Å². The van der Waals surface area contributed by atoms with Gasteiger partial charge in [0.25, 0.3) is 0 Å². The van der Waals surface area contributed by atoms with E-state index in [9.17, 15) is 4.79 Å². The quantitative estimate of drug-likeness (QED) is 0.719. The molecule has 2 heterocycles. The highest BCUT2D eigenvalue weighted by atomic mass is 16.5. The van der Waals surface area contributed by atoms with Crippen molar-refractivity contribution in [2.75, 3.05) is 27.9 Å². The Bertz CT molecular complexity index is 795. The van der Waals surface area contributed by atoms with Gasteiger partial charge in [-0.25, -0.2) is 0 Å². The highest BCUT2D eigenvalue weighted by Crippen LogP contribution is 2.40. The van der Waals surface area contributed by atoms with Crippen LogP contribution in [0.2, 0.25) is 0 Å². The molecule has 1 amide bonds. The molecule has 1 aromatic heterocycles. The number of carbonyl (C=O) groups excluding carboxylic acids is 1. The Morgan fingerprint density at radius 1 is 1.18 bits per heavy atom. The van der Waals surface area contributed by atoms with Crippen LogP contribution in [-0.4, -0.2) is 54.9 Å². The first-order valence-corrected chi connectivity index (χ1v) is 9.49. The van der Waals surface area contributed by atoms with Crippen LogP contribution >= 0.6 is 0 Å². The minimum atomic E-state index is 0.139. The minimum absolute atomic E-state index is 0.139. The first kappa shape index (κ1) is 20.0. The first-order chi connectivity index (χ1) is 13.6. The molecule has 1 saturated heterocycles. The Balaban J connectivity index is 1.71. The maximum Gasteiger partial charge on any atom is 0.227 e. The Morgan fingerprint density at radius 3 is 2.50 bits per heavy atom. The average Bonchev–Trinajstić information content (AvgIpc) is 3.20. The maximum absolute atomic E-state index is 12.5. The van der Waals surface area contributed by atoms with E-state index in [4.69, 9.17) is 18.7 Å². The van der Waals surface area contributed by atoms with E-state index in [0.29, 0.717) is 53.4 Å². The summed E-state index contributed by atoms with van der Waals surface area (Å²) in [4.78, 5) is 18.9. The third-order valence-electron chi connectivity index (χ3n) is 5.07. The molecule has 1 atom stereocenters. The molecule has 0 aliphatic carbocycles. The van der Waals surface area contributed by atoms with Crippen molar-refractivity contribution < 1.29 is 23.5 Å². The van der Waals surface area contributed by atoms with E-state index in [-0.39, 0.29) is 5.91 Å². The van der Waals surface area contributed by atoms with E-state index in [2.05, 4.69) is 17.1 Å². The summed E-state index contributed by atoms with van der Waals surface area (Å²) in [5, 5.41) is 4.04. The number of hydrogen-bond donors (Lipinski definition) is 0. The number of hydrogen-bond acceptors (Lipinski definition) is 7. The van der Waals surface area contributed by atoms with Gasteiger partial charge in [0.1, 0.15) is 0 Å². The van der Waals surface area contributed by atoms with Crippen molar-refractivity contribution in [3.63, 3.8) is 0 Å². The van der Waals surface area contributed by atoms with Gasteiger partial charge >= 0.3 is 0 Å². The zero-order chi connectivity index (χ0) is 20.1. The fourth-order valence-electron chi connectivity index (χ4n) is 3.51. The van der Waals surface area contributed by atoms with Crippen LogP contribution in [0.5, 0.6) is 17.2 Å². The van der Waals surface area contributed by atoms with Gasteiger partial charge in [-0.3, -0.25) is 4.79 Å². The van der Waals surface area contributed by atoms with Gasteiger partial charge in [0.15, 0.2) is 11.5 Å². The molecule has 1 fully saturated rings. The predicted octanol–water partition coefficient (Wildman–Crippen LogP) is 3.10. The number of aryl methyl sites for hydroxylation is 1. The zero-order valence-corrected chi connectivity index (χ0v) is 16.9. The molecule has 152 valence electrons. The largest absolute Gasteiger partial charge is 0.493 e. The number of benzene rings is 1. The monoisotopic (exact) mass is 389 g/mol. The number of likely N-dealkylation sites (tertiary alicyclic amines) is 1. The van der Waals surface area contributed by atoms with Gasteiger partial charge in [-0.15, -0.1) is 0 Å². The van der Waals surface area contributed by atoms with Crippen LogP contribution in [0, 0.1) is 0 Å². The summed E-state index contributed by atoms with van der Waals surface area (Å²) in [6.45, 7) is 2.94. The average molecular weight is 389 g/mol. The van der Waals surface area contributed by atoms with Gasteiger partial charge < -0.3 is 23.6 Å². The number of amides is 1. The van der Waals surface area contributed by atoms with Crippen molar-refractivity contribution in [2.45, 2.75) is 45.1 Å². The van der Waals surface area contributed by atoms with Crippen molar-refractivity contribution >= 4 is 5.91 Å². The summed E-state index contributed by atoms with van der Waals surface area (Å²) in [5.41, 5.74) is 0.681. The summed E-state index contributed by atoms with van der Waals surface area (Å²) < 4.78 is 21.4. The molecular weight excluding hydrogens is 362 g/mol. The van der Waals surface area contributed by atoms with Crippen molar-refractivity contribution in [3.05, 3.63) is 18.0 Å². The molecule has 3 rings (SSSR count). The third-order valence-corrected chi connectivity index (χ3v) is 5.07. The van der Waals surface area contributed by atoms with E-state index in [1.807, 2.05) is 4.90 Å². The number of carbonyl (C=O) groups is 1. The van der Waals surface area contributed by atoms with Crippen LogP contribution in [0.25, 0.3) is 11.4 Å². The fraction of sp³-hybridized carbons (Fsp3) is 0.550. The van der Waals surface area contributed by atoms with E-state index in [1.165, 1.54) is 6.42 Å². The van der Waals surface area contributed by atoms with Crippen LogP contribution in [0.15, 0.2) is 16.7 Å². The van der Waals surface area contributed by atoms with E-state index in [0.717, 1.165) is 19.4 Å². The normalized spacial score (nSPS) is 16.7. The number of rotatable bonds is 7. The maximum atomic E-state index is 12.5. The highest BCUT2D eigenvalue weighted by Gasteiger charge is 2.23. The van der Waals surface area contributed by atoms with Crippen molar-refractivity contribution in [1.82, 2.24) is 15.0 Å². The number of piperidine rings is 1. The number of methoxy groups -OCH3 is 3. The van der Waals surface area contributed by atoms with Gasteiger partial charge in [-0.2, -0.15) is 4.98 Å². The molecule has 0 radical (unpaired) electrons. The van der Waals surface area contributed by atoms with Crippen LogP contribution in [-0.2, 0) is 11.2 Å². The Morgan fingerprint density at radius 2 is 1.89 bits per heavy atom. The molecule has 0 N–H and O–H groups in total. The SMILES string of the molecule is COc1cc(-c2noc(CCC(=O)N3CCCCC3C)n2)cc(OC)c1OC. The molecule has 1 aliphatic heterocycles. The van der Waals surface area contributed by atoms with Gasteiger partial charge in [-0.1, -0.05) is 5.16 Å². The highest BCUT2D eigenvalue weighted by molar-refractivity contribution is 5.76. The van der Waals surface area contributed by atoms with Gasteiger partial charge in [-0.05, 0) is 38.3 Å². The molecule has 8 nitrogen and oxygen atoms in total. The minimum Gasteiger partial charge on any atom is -0.493 e. The molecule has 1 aromatic carbocycles. The molecule has 0 saturated carbocycles. The topological polar surface area (TPSA) is 86.9 Å². The van der Waals surface area contributed by atoms with Gasteiger partial charge in [0.2, 0.25) is 23.4 Å². The predicted molar refractivity (Wildman–Crippen MR) is 103 cm³/mol. The number of ether oxygens (including phenoxy) is 3. The second kappa shape index (κ2) is 8.95. The Kier molecular flexibility index (Phi) is 6.38. The van der Waals surface area contributed by atoms with Crippen molar-refractivity contribution in [3.8, 4) is 28.6 Å². The van der Waals surface area contributed by atoms with Crippen LogP contribution in [0.3, 0.4) is 0 Å². The van der Waals surface area contributed by atoms with Crippen LogP contribution in [0.4, 0.5) is 0 Å². The van der Waals surface area contributed by atoms with Crippen molar-refractivity contribution in [2.24, 2.45) is 0 Å². The van der Waals surface area contributed by atoms with Crippen molar-refractivity contribution in [1.29, 1.82) is 0 Å². The third kappa shape index (κ3) is 4.21. The summed E-state index contributed by atoms with van der Waals surface area (Å²) in [6.07, 6.45) is 4.10. The lowest BCUT2D eigenvalue weighted by atomic mass is 10.0. The molecule has 0 bridgehead atoms. The molecule has 0 spiro atoms. The molecule has 1 aliphatic rings. The van der Waals surface area contributed by atoms with Gasteiger partial charge in [0, 0.05) is 31.0 Å². The smallest absolute Gasteiger partial charge is 0.227 e. The molecule has 8 heteroatoms. The summed E-state index contributed by atoms with van der Waals surface area (Å²) in [6, 6.07) is 3.83. The summed E-state index contributed by atoms with van der Waals surface area (Å²) >= 11 is 0. The summed E-state index contributed by atoms with van der Waals surface area (Å²) in [7, 11) is 4.65.